The molecule has 0 saturated carbocycles. The first-order valence-corrected chi connectivity index (χ1v) is 6.50. The van der Waals surface area contributed by atoms with Crippen LogP contribution >= 0.6 is 23.0 Å². The van der Waals surface area contributed by atoms with Gasteiger partial charge in [-0.25, -0.2) is 4.79 Å². The third-order valence-electron chi connectivity index (χ3n) is 2.30. The van der Waals surface area contributed by atoms with Gasteiger partial charge in [0.25, 0.3) is 0 Å². The number of hydrogen-bond donors (Lipinski definition) is 0. The molecule has 0 saturated heterocycles. The number of halogens is 1. The van der Waals surface area contributed by atoms with Crippen LogP contribution in [0, 0.1) is 0 Å². The average molecular weight is 350 g/mol. The van der Waals surface area contributed by atoms with Gasteiger partial charge in [0.1, 0.15) is 11.3 Å². The van der Waals surface area contributed by atoms with Gasteiger partial charge in [-0.1, -0.05) is 13.8 Å². The first kappa shape index (κ1) is 14.2. The van der Waals surface area contributed by atoms with E-state index in [1.807, 2.05) is 13.8 Å². The maximum absolute atomic E-state index is 11.8. The molecular weight excluding hydrogens is 335 g/mol. The standard InChI is InChI=1S/C12H15IO4/c1-3-5-8-7-10(17-13)11(12(15)16-8)9(14)6-4-2/h7H,3-6H2,1-2H3. The van der Waals surface area contributed by atoms with Crippen LogP contribution in [0.4, 0.5) is 0 Å². The monoisotopic (exact) mass is 350 g/mol. The Kier molecular flexibility index (Phi) is 5.67. The summed E-state index contributed by atoms with van der Waals surface area (Å²) in [6, 6.07) is 1.63. The third kappa shape index (κ3) is 3.55. The van der Waals surface area contributed by atoms with Gasteiger partial charge in [-0.05, 0) is 12.8 Å². The van der Waals surface area contributed by atoms with Gasteiger partial charge in [0.15, 0.2) is 34.5 Å². The second-order valence-electron chi connectivity index (χ2n) is 3.74. The quantitative estimate of drug-likeness (QED) is 0.584. The van der Waals surface area contributed by atoms with Gasteiger partial charge in [0.05, 0.1) is 0 Å². The third-order valence-corrected chi connectivity index (χ3v) is 2.78. The number of carbonyl (C=O) groups is 1. The topological polar surface area (TPSA) is 56.5 Å². The highest BCUT2D eigenvalue weighted by atomic mass is 127. The van der Waals surface area contributed by atoms with Crippen molar-refractivity contribution < 1.29 is 12.3 Å². The van der Waals surface area contributed by atoms with Gasteiger partial charge in [0, 0.05) is 18.9 Å². The smallest absolute Gasteiger partial charge is 0.350 e. The summed E-state index contributed by atoms with van der Waals surface area (Å²) in [5.74, 6) is 0.636. The van der Waals surface area contributed by atoms with Gasteiger partial charge < -0.3 is 7.48 Å². The molecular formula is C12H15IO4. The van der Waals surface area contributed by atoms with E-state index in [2.05, 4.69) is 0 Å². The van der Waals surface area contributed by atoms with Crippen LogP contribution in [0.3, 0.4) is 0 Å². The SMILES string of the molecule is CCCC(=O)c1c(OI)cc(CCC)oc1=O. The van der Waals surface area contributed by atoms with Crippen molar-refractivity contribution in [3.63, 3.8) is 0 Å². The van der Waals surface area contributed by atoms with Crippen LogP contribution in [0.15, 0.2) is 15.3 Å². The van der Waals surface area contributed by atoms with Crippen molar-refractivity contribution in [1.29, 1.82) is 0 Å². The molecule has 0 amide bonds. The maximum Gasteiger partial charge on any atom is 0.350 e. The Morgan fingerprint density at radius 3 is 2.65 bits per heavy atom. The summed E-state index contributed by atoms with van der Waals surface area (Å²) >= 11 is 1.67. The number of Topliss-reactive ketones (excluding diaryl/α,β-unsaturated/α-hetero) is 1. The molecule has 0 atom stereocenters. The van der Waals surface area contributed by atoms with E-state index in [0.29, 0.717) is 30.8 Å². The zero-order valence-electron chi connectivity index (χ0n) is 9.92. The summed E-state index contributed by atoms with van der Waals surface area (Å²) in [5, 5.41) is 0. The molecule has 4 nitrogen and oxygen atoms in total. The lowest BCUT2D eigenvalue weighted by atomic mass is 10.1. The fourth-order valence-electron chi connectivity index (χ4n) is 1.55. The van der Waals surface area contributed by atoms with Gasteiger partial charge in [-0.2, -0.15) is 0 Å². The van der Waals surface area contributed by atoms with Gasteiger partial charge >= 0.3 is 5.63 Å². The Labute approximate surface area is 114 Å². The molecule has 0 N–H and O–H groups in total. The molecule has 0 radical (unpaired) electrons. The Balaban J connectivity index is 3.21. The summed E-state index contributed by atoms with van der Waals surface area (Å²) in [6.07, 6.45) is 2.54. The molecule has 0 fully saturated rings. The summed E-state index contributed by atoms with van der Waals surface area (Å²) < 4.78 is 10.2. The number of carbonyl (C=O) groups excluding carboxylic acids is 1. The maximum atomic E-state index is 11.8. The Hall–Kier alpha value is -0.850. The minimum atomic E-state index is -0.596. The molecule has 94 valence electrons. The van der Waals surface area contributed by atoms with E-state index in [4.69, 9.17) is 7.48 Å². The van der Waals surface area contributed by atoms with Crippen molar-refractivity contribution in [2.45, 2.75) is 39.5 Å². The lowest BCUT2D eigenvalue weighted by Gasteiger charge is -2.06. The molecule has 1 aromatic rings. The van der Waals surface area contributed by atoms with Crippen molar-refractivity contribution in [1.82, 2.24) is 0 Å². The van der Waals surface area contributed by atoms with E-state index >= 15 is 0 Å². The summed E-state index contributed by atoms with van der Waals surface area (Å²) in [6.45, 7) is 3.87. The number of aryl methyl sites for hydroxylation is 1. The van der Waals surface area contributed by atoms with Crippen molar-refractivity contribution in [3.8, 4) is 5.75 Å². The van der Waals surface area contributed by atoms with Crippen LogP contribution in [0.2, 0.25) is 0 Å². The zero-order valence-corrected chi connectivity index (χ0v) is 12.1. The molecule has 1 heterocycles. The van der Waals surface area contributed by atoms with Gasteiger partial charge in [-0.3, -0.25) is 4.79 Å². The molecule has 0 aliphatic carbocycles. The summed E-state index contributed by atoms with van der Waals surface area (Å²) in [5.41, 5.74) is -0.567. The minimum Gasteiger partial charge on any atom is -0.427 e. The molecule has 0 bridgehead atoms. The highest BCUT2D eigenvalue weighted by Crippen LogP contribution is 2.21. The Bertz CT molecular complexity index is 450. The second kappa shape index (κ2) is 6.78. The molecule has 1 rings (SSSR count). The zero-order chi connectivity index (χ0) is 12.8. The van der Waals surface area contributed by atoms with E-state index in [1.165, 1.54) is 0 Å². The van der Waals surface area contributed by atoms with Crippen LogP contribution in [-0.2, 0) is 6.42 Å². The van der Waals surface area contributed by atoms with Crippen LogP contribution in [0.1, 0.15) is 49.2 Å². The predicted molar refractivity (Wildman–Crippen MR) is 72.9 cm³/mol. The van der Waals surface area contributed by atoms with E-state index < -0.39 is 5.63 Å². The van der Waals surface area contributed by atoms with Crippen molar-refractivity contribution >= 4 is 28.8 Å². The molecule has 0 aliphatic heterocycles. The molecule has 0 unspecified atom stereocenters. The molecule has 1 aromatic heterocycles. The molecule has 0 spiro atoms. The van der Waals surface area contributed by atoms with Crippen LogP contribution in [-0.4, -0.2) is 5.78 Å². The highest BCUT2D eigenvalue weighted by Gasteiger charge is 2.19. The van der Waals surface area contributed by atoms with E-state index in [-0.39, 0.29) is 11.3 Å². The molecule has 0 aliphatic rings. The largest absolute Gasteiger partial charge is 0.427 e. The fourth-order valence-corrected chi connectivity index (χ4v) is 1.90. The van der Waals surface area contributed by atoms with E-state index in [1.54, 1.807) is 29.1 Å². The number of ketones is 1. The van der Waals surface area contributed by atoms with Crippen LogP contribution in [0.5, 0.6) is 5.75 Å². The lowest BCUT2D eigenvalue weighted by Crippen LogP contribution is -2.16. The first-order chi connectivity index (χ1) is 8.13. The predicted octanol–water partition coefficient (Wildman–Crippen LogP) is 3.30. The summed E-state index contributed by atoms with van der Waals surface area (Å²) in [4.78, 5) is 23.5. The Morgan fingerprint density at radius 2 is 2.12 bits per heavy atom. The minimum absolute atomic E-state index is 0.0288. The van der Waals surface area contributed by atoms with E-state index in [9.17, 15) is 9.59 Å². The van der Waals surface area contributed by atoms with Crippen molar-refractivity contribution in [2.24, 2.45) is 0 Å². The molecule has 5 heteroatoms. The Morgan fingerprint density at radius 1 is 1.41 bits per heavy atom. The highest BCUT2D eigenvalue weighted by molar-refractivity contribution is 14.1. The normalized spacial score (nSPS) is 10.3. The van der Waals surface area contributed by atoms with Crippen molar-refractivity contribution in [2.75, 3.05) is 0 Å². The van der Waals surface area contributed by atoms with Gasteiger partial charge in [0.2, 0.25) is 0 Å². The van der Waals surface area contributed by atoms with Gasteiger partial charge in [-0.15, -0.1) is 0 Å². The average Bonchev–Trinajstić information content (AvgIpc) is 2.28. The van der Waals surface area contributed by atoms with Crippen LogP contribution < -0.4 is 8.69 Å². The first-order valence-electron chi connectivity index (χ1n) is 5.62. The van der Waals surface area contributed by atoms with Crippen LogP contribution in [0.25, 0.3) is 0 Å². The summed E-state index contributed by atoms with van der Waals surface area (Å²) in [7, 11) is 0. The number of hydrogen-bond acceptors (Lipinski definition) is 4. The van der Waals surface area contributed by atoms with Crippen molar-refractivity contribution in [3.05, 3.63) is 27.8 Å². The molecule has 17 heavy (non-hydrogen) atoms. The van der Waals surface area contributed by atoms with E-state index in [0.717, 1.165) is 6.42 Å². The second-order valence-corrected chi connectivity index (χ2v) is 4.18. The lowest BCUT2D eigenvalue weighted by molar-refractivity contribution is 0.0976. The molecule has 0 aromatic carbocycles. The fraction of sp³-hybridized carbons (Fsp3) is 0.500. The number of rotatable bonds is 6.